The zero-order valence-corrected chi connectivity index (χ0v) is 11.9. The van der Waals surface area contributed by atoms with Gasteiger partial charge in [0.15, 0.2) is 5.69 Å². The molecule has 0 aliphatic heterocycles. The van der Waals surface area contributed by atoms with E-state index in [2.05, 4.69) is 25.6 Å². The van der Waals surface area contributed by atoms with E-state index in [0.29, 0.717) is 11.6 Å². The third-order valence-electron chi connectivity index (χ3n) is 2.60. The summed E-state index contributed by atoms with van der Waals surface area (Å²) in [4.78, 5) is 33.1. The topological polar surface area (TPSA) is 120 Å². The molecule has 2 rings (SSSR count). The molecule has 2 aromatic heterocycles. The number of imidazole rings is 1. The van der Waals surface area contributed by atoms with E-state index in [0.717, 1.165) is 18.7 Å². The Balaban J connectivity index is 1.61. The van der Waals surface area contributed by atoms with Crippen LogP contribution in [-0.4, -0.2) is 38.6 Å². The van der Waals surface area contributed by atoms with Gasteiger partial charge in [0.05, 0.1) is 6.54 Å². The molecule has 112 valence electrons. The number of hydrogen-bond acceptors (Lipinski definition) is 5. The highest BCUT2D eigenvalue weighted by Gasteiger charge is 2.09. The lowest BCUT2D eigenvalue weighted by molar-refractivity contribution is 0.0691. The summed E-state index contributed by atoms with van der Waals surface area (Å²) in [6.45, 7) is 0.743. The summed E-state index contributed by atoms with van der Waals surface area (Å²) in [5, 5.41) is 16.1. The molecule has 2 heterocycles. The molecular weight excluding hydrogens is 294 g/mol. The molecule has 0 unspecified atom stereocenters. The molecule has 9 heteroatoms. The van der Waals surface area contributed by atoms with Gasteiger partial charge in [0.1, 0.15) is 10.8 Å². The number of H-pyrrole nitrogens is 1. The summed E-state index contributed by atoms with van der Waals surface area (Å²) >= 11 is 1.20. The van der Waals surface area contributed by atoms with Crippen molar-refractivity contribution in [2.75, 3.05) is 6.54 Å². The average Bonchev–Trinajstić information content (AvgIpc) is 3.12. The number of carboxylic acids is 1. The van der Waals surface area contributed by atoms with Crippen molar-refractivity contribution in [1.29, 1.82) is 0 Å². The largest absolute Gasteiger partial charge is 0.476 e. The number of urea groups is 1. The smallest absolute Gasteiger partial charge is 0.355 e. The molecule has 0 aromatic carbocycles. The average molecular weight is 309 g/mol. The molecule has 4 N–H and O–H groups in total. The van der Waals surface area contributed by atoms with Gasteiger partial charge in [-0.05, 0) is 6.42 Å². The number of carbonyl (C=O) groups excluding carboxylic acids is 1. The van der Waals surface area contributed by atoms with Crippen LogP contribution in [0.5, 0.6) is 0 Å². The zero-order valence-electron chi connectivity index (χ0n) is 11.1. The second-order valence-electron chi connectivity index (χ2n) is 4.18. The lowest BCUT2D eigenvalue weighted by atomic mass is 10.3. The molecule has 0 radical (unpaired) electrons. The Kier molecular flexibility index (Phi) is 5.27. The SMILES string of the molecule is O=C(NCCCc1ncc[nH]1)NCc1nc(C(=O)O)cs1. The van der Waals surface area contributed by atoms with Gasteiger partial charge in [0.2, 0.25) is 0 Å². The lowest BCUT2D eigenvalue weighted by Gasteiger charge is -2.05. The molecule has 0 atom stereocenters. The summed E-state index contributed by atoms with van der Waals surface area (Å²) in [7, 11) is 0. The summed E-state index contributed by atoms with van der Waals surface area (Å²) in [5.41, 5.74) is -0.00402. The number of aromatic nitrogens is 3. The number of carbonyl (C=O) groups is 2. The molecule has 0 saturated heterocycles. The predicted octanol–water partition coefficient (Wildman–Crippen LogP) is 0.996. The van der Waals surface area contributed by atoms with Gasteiger partial charge in [-0.2, -0.15) is 0 Å². The summed E-state index contributed by atoms with van der Waals surface area (Å²) < 4.78 is 0. The second kappa shape index (κ2) is 7.39. The van der Waals surface area contributed by atoms with Crippen molar-refractivity contribution < 1.29 is 14.7 Å². The van der Waals surface area contributed by atoms with Crippen LogP contribution in [0.15, 0.2) is 17.8 Å². The maximum atomic E-state index is 11.5. The molecule has 21 heavy (non-hydrogen) atoms. The van der Waals surface area contributed by atoms with Crippen LogP contribution in [0.2, 0.25) is 0 Å². The van der Waals surface area contributed by atoms with Gasteiger partial charge in [0.25, 0.3) is 0 Å². The first-order chi connectivity index (χ1) is 10.1. The highest BCUT2D eigenvalue weighted by Crippen LogP contribution is 2.09. The number of aromatic carboxylic acids is 1. The minimum Gasteiger partial charge on any atom is -0.476 e. The van der Waals surface area contributed by atoms with Crippen molar-refractivity contribution in [3.63, 3.8) is 0 Å². The number of rotatable bonds is 7. The molecule has 0 aliphatic carbocycles. The van der Waals surface area contributed by atoms with Gasteiger partial charge >= 0.3 is 12.0 Å². The van der Waals surface area contributed by atoms with Crippen molar-refractivity contribution >= 4 is 23.3 Å². The highest BCUT2D eigenvalue weighted by atomic mass is 32.1. The maximum Gasteiger partial charge on any atom is 0.355 e. The first-order valence-corrected chi connectivity index (χ1v) is 7.21. The summed E-state index contributed by atoms with van der Waals surface area (Å²) in [6, 6.07) is -0.304. The van der Waals surface area contributed by atoms with Crippen molar-refractivity contribution in [3.05, 3.63) is 34.3 Å². The minimum atomic E-state index is -1.07. The van der Waals surface area contributed by atoms with Crippen LogP contribution in [0.4, 0.5) is 4.79 Å². The highest BCUT2D eigenvalue weighted by molar-refractivity contribution is 7.09. The van der Waals surface area contributed by atoms with Gasteiger partial charge in [-0.1, -0.05) is 0 Å². The van der Waals surface area contributed by atoms with Gasteiger partial charge < -0.3 is 20.7 Å². The normalized spacial score (nSPS) is 10.3. The quantitative estimate of drug-likeness (QED) is 0.569. The monoisotopic (exact) mass is 309 g/mol. The fourth-order valence-corrected chi connectivity index (χ4v) is 2.31. The Morgan fingerprint density at radius 1 is 1.38 bits per heavy atom. The van der Waals surface area contributed by atoms with Gasteiger partial charge in [-0.25, -0.2) is 19.6 Å². The molecular formula is C12H15N5O3S. The molecule has 8 nitrogen and oxygen atoms in total. The molecule has 2 aromatic rings. The van der Waals surface area contributed by atoms with Crippen LogP contribution in [0.3, 0.4) is 0 Å². The number of amides is 2. The van der Waals surface area contributed by atoms with Gasteiger partial charge in [-0.3, -0.25) is 0 Å². The van der Waals surface area contributed by atoms with E-state index >= 15 is 0 Å². The molecule has 0 saturated carbocycles. The van der Waals surface area contributed by atoms with Crippen LogP contribution in [-0.2, 0) is 13.0 Å². The predicted molar refractivity (Wildman–Crippen MR) is 76.2 cm³/mol. The van der Waals surface area contributed by atoms with E-state index in [1.54, 1.807) is 12.4 Å². The first kappa shape index (κ1) is 15.0. The minimum absolute atomic E-state index is 0.00402. The van der Waals surface area contributed by atoms with Crippen LogP contribution >= 0.6 is 11.3 Å². The number of carboxylic acid groups (broad SMARTS) is 1. The van der Waals surface area contributed by atoms with Crippen molar-refractivity contribution in [3.8, 4) is 0 Å². The molecule has 2 amide bonds. The summed E-state index contributed by atoms with van der Waals surface area (Å²) in [6.07, 6.45) is 4.99. The van der Waals surface area contributed by atoms with Crippen molar-refractivity contribution in [2.24, 2.45) is 0 Å². The fourth-order valence-electron chi connectivity index (χ4n) is 1.60. The molecule has 0 bridgehead atoms. The standard InChI is InChI=1S/C12H15N5O3S/c18-11(19)8-7-21-10(17-8)6-16-12(20)15-3-1-2-9-13-4-5-14-9/h4-5,7H,1-3,6H2,(H,13,14)(H,18,19)(H2,15,16,20). The van der Waals surface area contributed by atoms with Crippen molar-refractivity contribution in [1.82, 2.24) is 25.6 Å². The number of nitrogens with zero attached hydrogens (tertiary/aromatic N) is 2. The van der Waals surface area contributed by atoms with E-state index in [1.165, 1.54) is 16.7 Å². The third-order valence-corrected chi connectivity index (χ3v) is 3.45. The third kappa shape index (κ3) is 4.88. The Bertz CT molecular complexity index is 596. The number of hydrogen-bond donors (Lipinski definition) is 4. The summed E-state index contributed by atoms with van der Waals surface area (Å²) in [5.74, 6) is -0.180. The molecule has 0 fully saturated rings. The molecule has 0 aliphatic rings. The lowest BCUT2D eigenvalue weighted by Crippen LogP contribution is -2.35. The van der Waals surface area contributed by atoms with E-state index in [4.69, 9.17) is 5.11 Å². The molecule has 0 spiro atoms. The van der Waals surface area contributed by atoms with Crippen LogP contribution in [0.1, 0.15) is 27.7 Å². The van der Waals surface area contributed by atoms with Crippen molar-refractivity contribution in [2.45, 2.75) is 19.4 Å². The Morgan fingerprint density at radius 3 is 2.90 bits per heavy atom. The zero-order chi connectivity index (χ0) is 15.1. The first-order valence-electron chi connectivity index (χ1n) is 6.33. The van der Waals surface area contributed by atoms with Crippen LogP contribution in [0, 0.1) is 0 Å². The Morgan fingerprint density at radius 2 is 2.24 bits per heavy atom. The number of aromatic amines is 1. The Labute approximate surface area is 124 Å². The van der Waals surface area contributed by atoms with E-state index < -0.39 is 5.97 Å². The number of aryl methyl sites for hydroxylation is 1. The van der Waals surface area contributed by atoms with Crippen LogP contribution < -0.4 is 10.6 Å². The Hall–Kier alpha value is -2.42. The second-order valence-corrected chi connectivity index (χ2v) is 5.12. The van der Waals surface area contributed by atoms with Gasteiger partial charge in [-0.15, -0.1) is 11.3 Å². The van der Waals surface area contributed by atoms with E-state index in [9.17, 15) is 9.59 Å². The number of nitrogens with one attached hydrogen (secondary N) is 3. The maximum absolute atomic E-state index is 11.5. The van der Waals surface area contributed by atoms with Crippen LogP contribution in [0.25, 0.3) is 0 Å². The fraction of sp³-hybridized carbons (Fsp3) is 0.333. The van der Waals surface area contributed by atoms with E-state index in [-0.39, 0.29) is 18.3 Å². The van der Waals surface area contributed by atoms with Gasteiger partial charge in [0, 0.05) is 30.7 Å². The number of thiazole rings is 1. The van der Waals surface area contributed by atoms with E-state index in [1.807, 2.05) is 0 Å².